The molecule has 4 rings (SSSR count). The molecule has 2 N–H and O–H groups in total. The quantitative estimate of drug-likeness (QED) is 0.723. The Hall–Kier alpha value is -3.02. The van der Waals surface area contributed by atoms with E-state index in [9.17, 15) is 4.79 Å². The standard InChI is InChI=1S/C22H26N4O2/c1-14-5-7-17-18(9-14)25-20(24-17)13-26(4)21(27)23-12-15-6-8-19-16(10-15)11-22(2,3)28-19/h5-10H,11-13H2,1-4H3,(H,23,27)(H,24,25). The lowest BCUT2D eigenvalue weighted by Gasteiger charge is -2.17. The lowest BCUT2D eigenvalue weighted by atomic mass is 10.0. The number of amides is 2. The lowest BCUT2D eigenvalue weighted by Crippen LogP contribution is -2.36. The topological polar surface area (TPSA) is 70.2 Å². The molecular formula is C22H26N4O2. The maximum Gasteiger partial charge on any atom is 0.317 e. The van der Waals surface area contributed by atoms with Crippen LogP contribution in [0, 0.1) is 6.92 Å². The monoisotopic (exact) mass is 378 g/mol. The molecule has 1 aliphatic heterocycles. The van der Waals surface area contributed by atoms with Crippen LogP contribution in [0.3, 0.4) is 0 Å². The number of aromatic amines is 1. The summed E-state index contributed by atoms with van der Waals surface area (Å²) in [6.45, 7) is 7.12. The summed E-state index contributed by atoms with van der Waals surface area (Å²) in [5.41, 5.74) is 5.20. The highest BCUT2D eigenvalue weighted by atomic mass is 16.5. The van der Waals surface area contributed by atoms with Gasteiger partial charge in [0.2, 0.25) is 0 Å². The molecule has 0 radical (unpaired) electrons. The number of fused-ring (bicyclic) bond motifs is 2. The summed E-state index contributed by atoms with van der Waals surface area (Å²) in [4.78, 5) is 21.9. The Balaban J connectivity index is 1.36. The van der Waals surface area contributed by atoms with Crippen LogP contribution >= 0.6 is 0 Å². The van der Waals surface area contributed by atoms with Crippen molar-refractivity contribution >= 4 is 17.1 Å². The van der Waals surface area contributed by atoms with Gasteiger partial charge in [0.25, 0.3) is 0 Å². The van der Waals surface area contributed by atoms with Crippen molar-refractivity contribution in [2.45, 2.75) is 45.9 Å². The number of carbonyl (C=O) groups is 1. The van der Waals surface area contributed by atoms with Crippen LogP contribution in [0.5, 0.6) is 5.75 Å². The normalized spacial score (nSPS) is 14.6. The van der Waals surface area contributed by atoms with Gasteiger partial charge in [0.1, 0.15) is 17.2 Å². The Morgan fingerprint density at radius 3 is 2.93 bits per heavy atom. The van der Waals surface area contributed by atoms with Gasteiger partial charge in [-0.2, -0.15) is 0 Å². The number of imidazole rings is 1. The van der Waals surface area contributed by atoms with Crippen molar-refractivity contribution in [1.82, 2.24) is 20.2 Å². The van der Waals surface area contributed by atoms with Crippen LogP contribution < -0.4 is 10.1 Å². The number of hydrogen-bond donors (Lipinski definition) is 2. The van der Waals surface area contributed by atoms with Crippen LogP contribution in [0.4, 0.5) is 4.79 Å². The third-order valence-electron chi connectivity index (χ3n) is 4.99. The van der Waals surface area contributed by atoms with Crippen molar-refractivity contribution < 1.29 is 9.53 Å². The molecule has 0 atom stereocenters. The number of nitrogens with zero attached hydrogens (tertiary/aromatic N) is 2. The Morgan fingerprint density at radius 2 is 2.11 bits per heavy atom. The van der Waals surface area contributed by atoms with E-state index in [1.54, 1.807) is 11.9 Å². The minimum atomic E-state index is -0.157. The first-order valence-corrected chi connectivity index (χ1v) is 9.54. The van der Waals surface area contributed by atoms with Crippen molar-refractivity contribution in [2.24, 2.45) is 0 Å². The average Bonchev–Trinajstić information content (AvgIpc) is 3.16. The number of hydrogen-bond acceptors (Lipinski definition) is 3. The van der Waals surface area contributed by atoms with Crippen molar-refractivity contribution in [3.63, 3.8) is 0 Å². The van der Waals surface area contributed by atoms with E-state index >= 15 is 0 Å². The number of H-pyrrole nitrogens is 1. The molecule has 2 heterocycles. The molecule has 2 amide bonds. The Kier molecular flexibility index (Phi) is 4.49. The molecule has 3 aromatic rings. The largest absolute Gasteiger partial charge is 0.487 e. The maximum atomic E-state index is 12.5. The molecule has 0 aliphatic carbocycles. The van der Waals surface area contributed by atoms with Crippen LogP contribution in [0.1, 0.15) is 36.4 Å². The second-order valence-electron chi connectivity index (χ2n) is 8.20. The van der Waals surface area contributed by atoms with Crippen molar-refractivity contribution in [2.75, 3.05) is 7.05 Å². The predicted molar refractivity (Wildman–Crippen MR) is 109 cm³/mol. The zero-order valence-corrected chi connectivity index (χ0v) is 16.8. The Morgan fingerprint density at radius 1 is 1.29 bits per heavy atom. The maximum absolute atomic E-state index is 12.5. The summed E-state index contributed by atoms with van der Waals surface area (Å²) < 4.78 is 5.91. The number of rotatable bonds is 4. The Labute approximate surface area is 164 Å². The van der Waals surface area contributed by atoms with Crippen LogP contribution in [-0.2, 0) is 19.5 Å². The summed E-state index contributed by atoms with van der Waals surface area (Å²) in [6, 6.07) is 12.1. The van der Waals surface area contributed by atoms with Crippen LogP contribution in [0.25, 0.3) is 11.0 Å². The molecule has 146 valence electrons. The van der Waals surface area contributed by atoms with Crippen LogP contribution in [0.15, 0.2) is 36.4 Å². The summed E-state index contributed by atoms with van der Waals surface area (Å²) in [6.07, 6.45) is 0.884. The predicted octanol–water partition coefficient (Wildman–Crippen LogP) is 3.93. The third-order valence-corrected chi connectivity index (χ3v) is 4.99. The van der Waals surface area contributed by atoms with Gasteiger partial charge in [-0.3, -0.25) is 0 Å². The molecule has 0 bridgehead atoms. The van der Waals surface area contributed by atoms with E-state index in [4.69, 9.17) is 4.74 Å². The number of aromatic nitrogens is 2. The van der Waals surface area contributed by atoms with E-state index in [0.717, 1.165) is 34.6 Å². The number of carbonyl (C=O) groups excluding carboxylic acids is 1. The third kappa shape index (κ3) is 3.81. The molecule has 0 unspecified atom stereocenters. The first-order valence-electron chi connectivity index (χ1n) is 9.54. The molecule has 0 fully saturated rings. The van der Waals surface area contributed by atoms with Crippen LogP contribution in [-0.4, -0.2) is 33.5 Å². The van der Waals surface area contributed by atoms with Gasteiger partial charge < -0.3 is 19.9 Å². The van der Waals surface area contributed by atoms with Gasteiger partial charge in [-0.25, -0.2) is 9.78 Å². The zero-order valence-electron chi connectivity index (χ0n) is 16.8. The highest BCUT2D eigenvalue weighted by Crippen LogP contribution is 2.35. The fourth-order valence-electron chi connectivity index (χ4n) is 3.63. The van der Waals surface area contributed by atoms with E-state index in [2.05, 4.69) is 41.3 Å². The number of urea groups is 1. The van der Waals surface area contributed by atoms with Gasteiger partial charge in [0.05, 0.1) is 17.6 Å². The molecule has 0 spiro atoms. The average molecular weight is 378 g/mol. The van der Waals surface area contributed by atoms with Crippen molar-refractivity contribution in [1.29, 1.82) is 0 Å². The number of ether oxygens (including phenoxy) is 1. The fourth-order valence-corrected chi connectivity index (χ4v) is 3.63. The summed E-state index contributed by atoms with van der Waals surface area (Å²) in [5, 5.41) is 2.98. The summed E-state index contributed by atoms with van der Waals surface area (Å²) in [5.74, 6) is 1.72. The molecule has 1 aromatic heterocycles. The van der Waals surface area contributed by atoms with E-state index in [1.165, 1.54) is 11.1 Å². The van der Waals surface area contributed by atoms with Crippen LogP contribution in [0.2, 0.25) is 0 Å². The lowest BCUT2D eigenvalue weighted by molar-refractivity contribution is 0.138. The van der Waals surface area contributed by atoms with Gasteiger partial charge in [-0.15, -0.1) is 0 Å². The highest BCUT2D eigenvalue weighted by molar-refractivity contribution is 5.76. The zero-order chi connectivity index (χ0) is 19.9. The summed E-state index contributed by atoms with van der Waals surface area (Å²) >= 11 is 0. The Bertz CT molecular complexity index is 1040. The molecule has 1 aliphatic rings. The second-order valence-corrected chi connectivity index (χ2v) is 8.20. The van der Waals surface area contributed by atoms with E-state index < -0.39 is 0 Å². The van der Waals surface area contributed by atoms with Gasteiger partial charge in [-0.05, 0) is 55.7 Å². The van der Waals surface area contributed by atoms with Gasteiger partial charge >= 0.3 is 6.03 Å². The first-order chi connectivity index (χ1) is 13.3. The fraction of sp³-hybridized carbons (Fsp3) is 0.364. The van der Waals surface area contributed by atoms with E-state index in [1.807, 2.05) is 31.2 Å². The minimum Gasteiger partial charge on any atom is -0.487 e. The van der Waals surface area contributed by atoms with Gasteiger partial charge in [-0.1, -0.05) is 18.2 Å². The minimum absolute atomic E-state index is 0.131. The summed E-state index contributed by atoms with van der Waals surface area (Å²) in [7, 11) is 1.77. The number of nitrogens with one attached hydrogen (secondary N) is 2. The molecule has 28 heavy (non-hydrogen) atoms. The van der Waals surface area contributed by atoms with Crippen molar-refractivity contribution in [3.05, 3.63) is 58.9 Å². The highest BCUT2D eigenvalue weighted by Gasteiger charge is 2.29. The molecule has 6 heteroatoms. The SMILES string of the molecule is Cc1ccc2nc(CN(C)C(=O)NCc3ccc4c(c3)CC(C)(C)O4)[nH]c2c1. The molecule has 0 saturated heterocycles. The molecule has 6 nitrogen and oxygen atoms in total. The molecule has 0 saturated carbocycles. The first kappa shape index (κ1) is 18.3. The second kappa shape index (κ2) is 6.86. The number of benzene rings is 2. The van der Waals surface area contributed by atoms with Crippen molar-refractivity contribution in [3.8, 4) is 5.75 Å². The van der Waals surface area contributed by atoms with E-state index in [0.29, 0.717) is 13.1 Å². The van der Waals surface area contributed by atoms with Gasteiger partial charge in [0, 0.05) is 20.0 Å². The van der Waals surface area contributed by atoms with E-state index in [-0.39, 0.29) is 11.6 Å². The molecule has 2 aromatic carbocycles. The van der Waals surface area contributed by atoms with Gasteiger partial charge in [0.15, 0.2) is 0 Å². The number of aryl methyl sites for hydroxylation is 1. The molecular weight excluding hydrogens is 352 g/mol. The smallest absolute Gasteiger partial charge is 0.317 e.